The Morgan fingerprint density at radius 1 is 1.21 bits per heavy atom. The normalized spacial score (nSPS) is 10.7. The molecule has 0 radical (unpaired) electrons. The molecule has 19 heavy (non-hydrogen) atoms. The van der Waals surface area contributed by atoms with Crippen LogP contribution in [0.5, 0.6) is 0 Å². The van der Waals surface area contributed by atoms with E-state index in [0.29, 0.717) is 12.3 Å². The molecule has 0 unspecified atom stereocenters. The van der Waals surface area contributed by atoms with Crippen molar-refractivity contribution in [3.05, 3.63) is 29.8 Å². The molecule has 0 bridgehead atoms. The van der Waals surface area contributed by atoms with Crippen LogP contribution in [0.15, 0.2) is 24.3 Å². The standard InChI is InChI=1S/C16H26N2O/c1-4-5-11-17-12-10-16(19)18-15-9-7-6-8-14(15)13(2)3/h6-9,13,17H,4-5,10-12H2,1-3H3,(H,18,19). The summed E-state index contributed by atoms with van der Waals surface area (Å²) in [7, 11) is 0. The van der Waals surface area contributed by atoms with E-state index in [1.165, 1.54) is 12.0 Å². The van der Waals surface area contributed by atoms with E-state index in [9.17, 15) is 4.79 Å². The number of carbonyl (C=O) groups is 1. The number of rotatable bonds is 8. The van der Waals surface area contributed by atoms with E-state index in [0.717, 1.165) is 25.2 Å². The third-order valence-electron chi connectivity index (χ3n) is 3.09. The van der Waals surface area contributed by atoms with Gasteiger partial charge in [-0.05, 0) is 30.5 Å². The van der Waals surface area contributed by atoms with Gasteiger partial charge in [-0.25, -0.2) is 0 Å². The Kier molecular flexibility index (Phi) is 7.19. The Morgan fingerprint density at radius 3 is 2.63 bits per heavy atom. The molecule has 0 aromatic heterocycles. The van der Waals surface area contributed by atoms with Gasteiger partial charge < -0.3 is 10.6 Å². The topological polar surface area (TPSA) is 41.1 Å². The first-order valence-corrected chi connectivity index (χ1v) is 7.24. The molecule has 0 aliphatic heterocycles. The van der Waals surface area contributed by atoms with Crippen molar-refractivity contribution in [1.82, 2.24) is 5.32 Å². The summed E-state index contributed by atoms with van der Waals surface area (Å²) < 4.78 is 0. The molecule has 3 heteroatoms. The van der Waals surface area contributed by atoms with Crippen molar-refractivity contribution in [2.75, 3.05) is 18.4 Å². The summed E-state index contributed by atoms with van der Waals surface area (Å²) in [6.07, 6.45) is 2.87. The fourth-order valence-electron chi connectivity index (χ4n) is 1.96. The number of para-hydroxylation sites is 1. The maximum atomic E-state index is 11.9. The van der Waals surface area contributed by atoms with Gasteiger partial charge in [0.1, 0.15) is 0 Å². The second kappa shape index (κ2) is 8.70. The van der Waals surface area contributed by atoms with Gasteiger partial charge in [0.15, 0.2) is 0 Å². The Hall–Kier alpha value is -1.35. The lowest BCUT2D eigenvalue weighted by molar-refractivity contribution is -0.116. The highest BCUT2D eigenvalue weighted by Gasteiger charge is 2.08. The zero-order chi connectivity index (χ0) is 14.1. The molecule has 0 heterocycles. The summed E-state index contributed by atoms with van der Waals surface area (Å²) in [5.41, 5.74) is 2.13. The number of amides is 1. The van der Waals surface area contributed by atoms with E-state index in [1.54, 1.807) is 0 Å². The van der Waals surface area contributed by atoms with Gasteiger partial charge >= 0.3 is 0 Å². The SMILES string of the molecule is CCCCNCCC(=O)Nc1ccccc1C(C)C. The van der Waals surface area contributed by atoms with Gasteiger partial charge in [-0.15, -0.1) is 0 Å². The monoisotopic (exact) mass is 262 g/mol. The Bertz CT molecular complexity index is 388. The molecule has 1 amide bonds. The number of benzene rings is 1. The van der Waals surface area contributed by atoms with Gasteiger partial charge in [-0.1, -0.05) is 45.4 Å². The molecule has 106 valence electrons. The van der Waals surface area contributed by atoms with E-state index in [4.69, 9.17) is 0 Å². The molecule has 0 saturated heterocycles. The van der Waals surface area contributed by atoms with Crippen molar-refractivity contribution >= 4 is 11.6 Å². The summed E-state index contributed by atoms with van der Waals surface area (Å²) in [5, 5.41) is 6.28. The minimum absolute atomic E-state index is 0.0806. The van der Waals surface area contributed by atoms with Gasteiger partial charge in [-0.3, -0.25) is 4.79 Å². The zero-order valence-electron chi connectivity index (χ0n) is 12.3. The molecule has 0 spiro atoms. The molecular weight excluding hydrogens is 236 g/mol. The van der Waals surface area contributed by atoms with Crippen LogP contribution in [0.3, 0.4) is 0 Å². The van der Waals surface area contributed by atoms with Crippen molar-refractivity contribution in [2.45, 2.75) is 46.0 Å². The lowest BCUT2D eigenvalue weighted by Crippen LogP contribution is -2.23. The number of hydrogen-bond donors (Lipinski definition) is 2. The van der Waals surface area contributed by atoms with E-state index >= 15 is 0 Å². The first-order chi connectivity index (χ1) is 9.15. The number of nitrogens with one attached hydrogen (secondary N) is 2. The largest absolute Gasteiger partial charge is 0.326 e. The quantitative estimate of drug-likeness (QED) is 0.704. The van der Waals surface area contributed by atoms with Crippen molar-refractivity contribution in [3.63, 3.8) is 0 Å². The predicted octanol–water partition coefficient (Wildman–Crippen LogP) is 3.53. The molecule has 1 aromatic carbocycles. The fraction of sp³-hybridized carbons (Fsp3) is 0.562. The molecule has 0 saturated carbocycles. The first-order valence-electron chi connectivity index (χ1n) is 7.24. The van der Waals surface area contributed by atoms with E-state index in [2.05, 4.69) is 37.5 Å². The first kappa shape index (κ1) is 15.7. The Labute approximate surface area is 116 Å². The summed E-state index contributed by atoms with van der Waals surface area (Å²) in [6, 6.07) is 8.01. The molecule has 3 nitrogen and oxygen atoms in total. The van der Waals surface area contributed by atoms with Gasteiger partial charge in [0.05, 0.1) is 0 Å². The summed E-state index contributed by atoms with van der Waals surface area (Å²) in [5.74, 6) is 0.497. The molecule has 1 rings (SSSR count). The molecule has 0 atom stereocenters. The van der Waals surface area contributed by atoms with Crippen LogP contribution in [0.25, 0.3) is 0 Å². The van der Waals surface area contributed by atoms with Crippen LogP contribution in [-0.4, -0.2) is 19.0 Å². The molecule has 2 N–H and O–H groups in total. The third-order valence-corrected chi connectivity index (χ3v) is 3.09. The van der Waals surface area contributed by atoms with E-state index in [-0.39, 0.29) is 5.91 Å². The van der Waals surface area contributed by atoms with Crippen LogP contribution < -0.4 is 10.6 Å². The summed E-state index contributed by atoms with van der Waals surface area (Å²) >= 11 is 0. The van der Waals surface area contributed by atoms with Crippen LogP contribution >= 0.6 is 0 Å². The molecule has 1 aromatic rings. The third kappa shape index (κ3) is 5.88. The van der Waals surface area contributed by atoms with Crippen LogP contribution in [0.2, 0.25) is 0 Å². The van der Waals surface area contributed by atoms with Crippen LogP contribution in [0.4, 0.5) is 5.69 Å². The van der Waals surface area contributed by atoms with Crippen molar-refractivity contribution in [3.8, 4) is 0 Å². The Morgan fingerprint density at radius 2 is 1.95 bits per heavy atom. The Balaban J connectivity index is 2.40. The second-order valence-electron chi connectivity index (χ2n) is 5.14. The van der Waals surface area contributed by atoms with Crippen molar-refractivity contribution in [1.29, 1.82) is 0 Å². The van der Waals surface area contributed by atoms with E-state index in [1.807, 2.05) is 18.2 Å². The van der Waals surface area contributed by atoms with Crippen molar-refractivity contribution in [2.24, 2.45) is 0 Å². The van der Waals surface area contributed by atoms with Crippen LogP contribution in [0, 0.1) is 0 Å². The van der Waals surface area contributed by atoms with Gasteiger partial charge in [-0.2, -0.15) is 0 Å². The predicted molar refractivity (Wildman–Crippen MR) is 81.6 cm³/mol. The summed E-state index contributed by atoms with van der Waals surface area (Å²) in [4.78, 5) is 11.9. The average Bonchev–Trinajstić information content (AvgIpc) is 2.39. The fourth-order valence-corrected chi connectivity index (χ4v) is 1.96. The number of carbonyl (C=O) groups excluding carboxylic acids is 1. The van der Waals surface area contributed by atoms with Crippen molar-refractivity contribution < 1.29 is 4.79 Å². The van der Waals surface area contributed by atoms with Gasteiger partial charge in [0.25, 0.3) is 0 Å². The van der Waals surface area contributed by atoms with Gasteiger partial charge in [0, 0.05) is 18.7 Å². The molecule has 0 aliphatic carbocycles. The number of anilines is 1. The maximum absolute atomic E-state index is 11.9. The molecule has 0 fully saturated rings. The highest BCUT2D eigenvalue weighted by molar-refractivity contribution is 5.91. The minimum atomic E-state index is 0.0806. The van der Waals surface area contributed by atoms with Crippen LogP contribution in [0.1, 0.15) is 51.5 Å². The highest BCUT2D eigenvalue weighted by Crippen LogP contribution is 2.23. The highest BCUT2D eigenvalue weighted by atomic mass is 16.1. The lowest BCUT2D eigenvalue weighted by Gasteiger charge is -2.13. The van der Waals surface area contributed by atoms with E-state index < -0.39 is 0 Å². The molecule has 0 aliphatic rings. The van der Waals surface area contributed by atoms with Crippen LogP contribution in [-0.2, 0) is 4.79 Å². The van der Waals surface area contributed by atoms with Gasteiger partial charge in [0.2, 0.25) is 5.91 Å². The number of unbranched alkanes of at least 4 members (excludes halogenated alkanes) is 1. The minimum Gasteiger partial charge on any atom is -0.326 e. The smallest absolute Gasteiger partial charge is 0.225 e. The lowest BCUT2D eigenvalue weighted by atomic mass is 10.0. The zero-order valence-corrected chi connectivity index (χ0v) is 12.3. The maximum Gasteiger partial charge on any atom is 0.225 e. The summed E-state index contributed by atoms with van der Waals surface area (Å²) in [6.45, 7) is 8.17. The average molecular weight is 262 g/mol. The number of hydrogen-bond acceptors (Lipinski definition) is 2. The second-order valence-corrected chi connectivity index (χ2v) is 5.14. The molecular formula is C16H26N2O.